The highest BCUT2D eigenvalue weighted by Crippen LogP contribution is 2.29. The van der Waals surface area contributed by atoms with Crippen LogP contribution in [0.2, 0.25) is 0 Å². The van der Waals surface area contributed by atoms with Crippen LogP contribution in [-0.2, 0) is 19.6 Å². The number of nitrogens with one attached hydrogen (secondary N) is 2. The fourth-order valence-corrected chi connectivity index (χ4v) is 3.55. The smallest absolute Gasteiger partial charge is 0.408 e. The highest BCUT2D eigenvalue weighted by atomic mass is 32.2. The lowest BCUT2D eigenvalue weighted by Gasteiger charge is -2.21. The van der Waals surface area contributed by atoms with E-state index in [0.717, 1.165) is 10.9 Å². The Morgan fingerprint density at radius 3 is 2.11 bits per heavy atom. The van der Waals surface area contributed by atoms with Crippen LogP contribution in [0.5, 0.6) is 5.75 Å². The molecule has 12 heteroatoms. The van der Waals surface area contributed by atoms with Crippen LogP contribution in [0.4, 0.5) is 10.5 Å². The summed E-state index contributed by atoms with van der Waals surface area (Å²) < 4.78 is 41.8. The van der Waals surface area contributed by atoms with E-state index in [1.165, 1.54) is 19.1 Å². The molecule has 0 bridgehead atoms. The van der Waals surface area contributed by atoms with Crippen LogP contribution >= 0.6 is 0 Å². The summed E-state index contributed by atoms with van der Waals surface area (Å²) >= 11 is 0. The van der Waals surface area contributed by atoms with Gasteiger partial charge in [0.25, 0.3) is 0 Å². The van der Waals surface area contributed by atoms with Gasteiger partial charge in [0.1, 0.15) is 33.2 Å². The van der Waals surface area contributed by atoms with Gasteiger partial charge < -0.3 is 19.3 Å². The van der Waals surface area contributed by atoms with E-state index in [0.29, 0.717) is 16.8 Å². The number of aryl methyl sites for hydroxylation is 1. The van der Waals surface area contributed by atoms with Crippen molar-refractivity contribution in [1.29, 1.82) is 0 Å². The molecule has 0 spiro atoms. The van der Waals surface area contributed by atoms with Gasteiger partial charge in [-0.2, -0.15) is 0 Å². The lowest BCUT2D eigenvalue weighted by molar-refractivity contribution is -0.354. The summed E-state index contributed by atoms with van der Waals surface area (Å²) in [6.07, 6.45) is -0.690. The van der Waals surface area contributed by atoms with Crippen molar-refractivity contribution in [2.75, 3.05) is 0 Å². The molecule has 1 amide bonds. The Labute approximate surface area is 221 Å². The summed E-state index contributed by atoms with van der Waals surface area (Å²) in [4.78, 5) is 26.9. The minimum atomic E-state index is -4.27. The number of fused-ring (bicyclic) bond motifs is 1. The van der Waals surface area contributed by atoms with Gasteiger partial charge in [-0.1, -0.05) is 42.0 Å². The standard InChI is InChI=1S/C19H24N4O4.C7H8O3S/c1-11(22-18(25)27-19(2,3)4)16(24)26-15-10-6-7-12-13(15)8-5-9-14(12)23-17(20)21;1-6-2-4-7(5-3-6)11(8,9)10/h5-11H,1-4H3,(H,22,25)(H4,20,21,23);2-5H,1H3,(H,8,9,10)/t11-;/m1./s1. The number of amides is 1. The van der Waals surface area contributed by atoms with Crippen molar-refractivity contribution in [3.05, 3.63) is 66.2 Å². The van der Waals surface area contributed by atoms with E-state index in [4.69, 9.17) is 20.9 Å². The van der Waals surface area contributed by atoms with Crippen molar-refractivity contribution in [3.63, 3.8) is 0 Å². The van der Waals surface area contributed by atoms with Crippen LogP contribution in [0.15, 0.2) is 65.6 Å². The quantitative estimate of drug-likeness (QED) is 0.121. The molecule has 0 aromatic heterocycles. The largest absolute Gasteiger partial charge is 0.744 e. The topological polar surface area (TPSA) is 188 Å². The lowest BCUT2D eigenvalue weighted by atomic mass is 10.1. The predicted octanol–water partition coefficient (Wildman–Crippen LogP) is 1.54. The molecule has 3 aromatic carbocycles. The molecular formula is C26H32N4O7S. The molecule has 0 saturated carbocycles. The molecule has 0 aliphatic rings. The Morgan fingerprint density at radius 2 is 1.55 bits per heavy atom. The van der Waals surface area contributed by atoms with E-state index in [-0.39, 0.29) is 10.9 Å². The van der Waals surface area contributed by atoms with Crippen molar-refractivity contribution in [1.82, 2.24) is 5.32 Å². The third-order valence-electron chi connectivity index (χ3n) is 4.77. The number of nitrogens with two attached hydrogens (primary N) is 2. The lowest BCUT2D eigenvalue weighted by Crippen LogP contribution is -2.72. The molecule has 38 heavy (non-hydrogen) atoms. The molecule has 0 saturated heterocycles. The fourth-order valence-electron chi connectivity index (χ4n) is 3.08. The number of carbonyl (C=O) groups excluding carboxylic acids is 2. The zero-order valence-corrected chi connectivity index (χ0v) is 22.6. The summed E-state index contributed by atoms with van der Waals surface area (Å²) in [5.74, 6) is -0.203. The molecule has 11 nitrogen and oxygen atoms in total. The van der Waals surface area contributed by atoms with E-state index < -0.39 is 33.8 Å². The summed E-state index contributed by atoms with van der Waals surface area (Å²) in [5, 5.41) is 3.93. The average Bonchev–Trinajstić information content (AvgIpc) is 2.78. The first kappa shape index (κ1) is 30.1. The van der Waals surface area contributed by atoms with Crippen molar-refractivity contribution in [2.45, 2.75) is 51.2 Å². The van der Waals surface area contributed by atoms with E-state index in [1.807, 2.05) is 19.1 Å². The first-order chi connectivity index (χ1) is 17.6. The molecular weight excluding hydrogens is 512 g/mol. The Morgan fingerprint density at radius 1 is 0.974 bits per heavy atom. The summed E-state index contributed by atoms with van der Waals surface area (Å²) in [6.45, 7) is 8.56. The van der Waals surface area contributed by atoms with Crippen molar-refractivity contribution < 1.29 is 37.0 Å². The van der Waals surface area contributed by atoms with Gasteiger partial charge in [-0.3, -0.25) is 11.5 Å². The molecule has 204 valence electrons. The highest BCUT2D eigenvalue weighted by molar-refractivity contribution is 7.85. The molecule has 1 atom stereocenters. The average molecular weight is 545 g/mol. The SMILES string of the molecule is C[C@@H](NC(=O)OC(C)(C)C)C(=O)Oc1cccc2c([NH+]=C(N)N)cccc12.Cc1ccc(S(=O)(=O)[O-])cc1. The number of alkyl carbamates (subject to hydrolysis) is 1. The predicted molar refractivity (Wildman–Crippen MR) is 142 cm³/mol. The number of rotatable bonds is 5. The van der Waals surface area contributed by atoms with Crippen LogP contribution in [-0.4, -0.2) is 42.6 Å². The van der Waals surface area contributed by atoms with E-state index in [9.17, 15) is 22.6 Å². The van der Waals surface area contributed by atoms with Gasteiger partial charge in [0.2, 0.25) is 0 Å². The first-order valence-electron chi connectivity index (χ1n) is 11.5. The number of esters is 1. The number of hydrogen-bond donors (Lipinski definition) is 4. The van der Waals surface area contributed by atoms with E-state index >= 15 is 0 Å². The second kappa shape index (κ2) is 12.4. The second-order valence-electron chi connectivity index (χ2n) is 9.29. The second-order valence-corrected chi connectivity index (χ2v) is 10.7. The number of carbonyl (C=O) groups is 2. The summed E-state index contributed by atoms with van der Waals surface area (Å²) in [5.41, 5.74) is 12.0. The minimum absolute atomic E-state index is 0.0556. The van der Waals surface area contributed by atoms with Gasteiger partial charge in [-0.25, -0.2) is 23.0 Å². The summed E-state index contributed by atoms with van der Waals surface area (Å²) in [6, 6.07) is 15.6. The molecule has 0 aliphatic heterocycles. The molecule has 0 fully saturated rings. The van der Waals surface area contributed by atoms with Crippen LogP contribution in [0, 0.1) is 6.92 Å². The maximum Gasteiger partial charge on any atom is 0.408 e. The van der Waals surface area contributed by atoms with Gasteiger partial charge in [-0.15, -0.1) is 0 Å². The zero-order chi connectivity index (χ0) is 28.7. The van der Waals surface area contributed by atoms with Crippen LogP contribution < -0.4 is 26.5 Å². The molecule has 0 unspecified atom stereocenters. The number of hydrogen-bond acceptors (Lipinski definition) is 7. The number of guanidine groups is 1. The van der Waals surface area contributed by atoms with Gasteiger partial charge in [0.05, 0.1) is 4.90 Å². The molecule has 0 heterocycles. The summed E-state index contributed by atoms with van der Waals surface area (Å²) in [7, 11) is -4.27. The first-order valence-corrected chi connectivity index (χ1v) is 12.9. The zero-order valence-electron chi connectivity index (χ0n) is 21.8. The fraction of sp³-hybridized carbons (Fsp3) is 0.269. The molecule has 6 N–H and O–H groups in total. The monoisotopic (exact) mass is 544 g/mol. The van der Waals surface area contributed by atoms with E-state index in [2.05, 4.69) is 10.3 Å². The molecule has 0 aliphatic carbocycles. The normalized spacial score (nSPS) is 11.9. The Hall–Kier alpha value is -4.16. The van der Waals surface area contributed by atoms with Crippen LogP contribution in [0.1, 0.15) is 33.3 Å². The number of ether oxygens (including phenoxy) is 2. The Bertz CT molecular complexity index is 1430. The van der Waals surface area contributed by atoms with Gasteiger partial charge >= 0.3 is 18.0 Å². The molecule has 0 radical (unpaired) electrons. The minimum Gasteiger partial charge on any atom is -0.744 e. The molecule has 3 aromatic rings. The Balaban J connectivity index is 0.000000384. The van der Waals surface area contributed by atoms with Crippen molar-refractivity contribution >= 4 is 44.6 Å². The maximum absolute atomic E-state index is 12.4. The molecule has 3 rings (SSSR count). The number of benzene rings is 3. The van der Waals surface area contributed by atoms with Gasteiger partial charge in [0, 0.05) is 10.8 Å². The van der Waals surface area contributed by atoms with Crippen molar-refractivity contribution in [2.24, 2.45) is 11.5 Å². The van der Waals surface area contributed by atoms with Crippen LogP contribution in [0.3, 0.4) is 0 Å². The van der Waals surface area contributed by atoms with Gasteiger partial charge in [-0.05, 0) is 58.9 Å². The Kier molecular flexibility index (Phi) is 9.80. The third kappa shape index (κ3) is 9.37. The third-order valence-corrected chi connectivity index (χ3v) is 5.62. The van der Waals surface area contributed by atoms with Crippen LogP contribution in [0.25, 0.3) is 10.8 Å². The highest BCUT2D eigenvalue weighted by Gasteiger charge is 2.23. The van der Waals surface area contributed by atoms with Crippen molar-refractivity contribution in [3.8, 4) is 5.75 Å². The van der Waals surface area contributed by atoms with Gasteiger partial charge in [0.15, 0.2) is 0 Å². The maximum atomic E-state index is 12.4. The van der Waals surface area contributed by atoms with E-state index in [1.54, 1.807) is 57.2 Å².